The summed E-state index contributed by atoms with van der Waals surface area (Å²) in [5.41, 5.74) is 0. The van der Waals surface area contributed by atoms with Crippen LogP contribution in [0.1, 0.15) is 26.2 Å². The Kier molecular flexibility index (Phi) is 5.05. The highest BCUT2D eigenvalue weighted by molar-refractivity contribution is 5.76. The van der Waals surface area contributed by atoms with E-state index < -0.39 is 0 Å². The van der Waals surface area contributed by atoms with Gasteiger partial charge in [0.1, 0.15) is 0 Å². The third kappa shape index (κ3) is 3.80. The van der Waals surface area contributed by atoms with Gasteiger partial charge in [-0.3, -0.25) is 4.79 Å². The van der Waals surface area contributed by atoms with Gasteiger partial charge in [-0.05, 0) is 19.8 Å². The van der Waals surface area contributed by atoms with Crippen molar-refractivity contribution >= 4 is 5.91 Å². The number of aliphatic hydroxyl groups is 1. The molecule has 1 saturated heterocycles. The molecular weight excluding hydrogens is 194 g/mol. The molecule has 0 aromatic rings. The molecule has 88 valence electrons. The van der Waals surface area contributed by atoms with Gasteiger partial charge in [-0.25, -0.2) is 0 Å². The number of aliphatic hydroxyl groups excluding tert-OH is 1. The van der Waals surface area contributed by atoms with Crippen LogP contribution >= 0.6 is 0 Å². The highest BCUT2D eigenvalue weighted by atomic mass is 16.5. The molecule has 0 spiro atoms. The van der Waals surface area contributed by atoms with Gasteiger partial charge in [0.15, 0.2) is 0 Å². The van der Waals surface area contributed by atoms with Crippen molar-refractivity contribution < 1.29 is 14.6 Å². The van der Waals surface area contributed by atoms with Crippen LogP contribution < -0.4 is 0 Å². The number of hydrogen-bond acceptors (Lipinski definition) is 3. The van der Waals surface area contributed by atoms with Crippen molar-refractivity contribution in [3.05, 3.63) is 0 Å². The van der Waals surface area contributed by atoms with Gasteiger partial charge < -0.3 is 14.7 Å². The molecule has 0 radical (unpaired) electrons. The first-order chi connectivity index (χ1) is 7.15. The number of methoxy groups -OCH3 is 1. The Balaban J connectivity index is 2.24. The number of ether oxygens (including phenoxy) is 1. The van der Waals surface area contributed by atoms with Crippen molar-refractivity contribution in [1.82, 2.24) is 4.90 Å². The van der Waals surface area contributed by atoms with Gasteiger partial charge in [-0.1, -0.05) is 0 Å². The van der Waals surface area contributed by atoms with Crippen molar-refractivity contribution in [3.63, 3.8) is 0 Å². The average molecular weight is 215 g/mol. The van der Waals surface area contributed by atoms with Gasteiger partial charge >= 0.3 is 0 Å². The van der Waals surface area contributed by atoms with Gasteiger partial charge in [0.25, 0.3) is 0 Å². The lowest BCUT2D eigenvalue weighted by Crippen LogP contribution is -2.30. The molecule has 2 unspecified atom stereocenters. The topological polar surface area (TPSA) is 49.8 Å². The monoisotopic (exact) mass is 215 g/mol. The molecule has 2 atom stereocenters. The van der Waals surface area contributed by atoms with Crippen LogP contribution in [0, 0.1) is 5.92 Å². The summed E-state index contributed by atoms with van der Waals surface area (Å²) in [5.74, 6) is 0.451. The molecule has 0 aromatic carbocycles. The highest BCUT2D eigenvalue weighted by Crippen LogP contribution is 2.20. The van der Waals surface area contributed by atoms with Gasteiger partial charge in [0, 0.05) is 39.1 Å². The van der Waals surface area contributed by atoms with Crippen LogP contribution in [0.2, 0.25) is 0 Å². The lowest BCUT2D eigenvalue weighted by atomic mass is 10.0. The van der Waals surface area contributed by atoms with E-state index in [2.05, 4.69) is 0 Å². The molecule has 4 heteroatoms. The van der Waals surface area contributed by atoms with E-state index in [9.17, 15) is 9.90 Å². The van der Waals surface area contributed by atoms with Crippen LogP contribution in [0.4, 0.5) is 0 Å². The summed E-state index contributed by atoms with van der Waals surface area (Å²) in [6.45, 7) is 3.94. The van der Waals surface area contributed by atoms with Crippen molar-refractivity contribution in [2.45, 2.75) is 32.3 Å². The zero-order valence-corrected chi connectivity index (χ0v) is 9.61. The van der Waals surface area contributed by atoms with Crippen LogP contribution in [0.5, 0.6) is 0 Å². The molecule has 1 aliphatic rings. The fourth-order valence-corrected chi connectivity index (χ4v) is 1.93. The minimum atomic E-state index is -0.304. The summed E-state index contributed by atoms with van der Waals surface area (Å²) in [7, 11) is 1.64. The Morgan fingerprint density at radius 2 is 2.40 bits per heavy atom. The molecule has 1 fully saturated rings. The lowest BCUT2D eigenvalue weighted by molar-refractivity contribution is -0.130. The van der Waals surface area contributed by atoms with Crippen LogP contribution in [0.3, 0.4) is 0 Å². The van der Waals surface area contributed by atoms with Gasteiger partial charge in [0.2, 0.25) is 5.91 Å². The number of amides is 1. The number of hydrogen-bond donors (Lipinski definition) is 1. The molecule has 1 amide bonds. The number of nitrogens with zero attached hydrogens (tertiary/aromatic N) is 1. The molecule has 0 bridgehead atoms. The number of carbonyl (C=O) groups excluding carboxylic acids is 1. The smallest absolute Gasteiger partial charge is 0.222 e. The molecule has 1 heterocycles. The van der Waals surface area contributed by atoms with Crippen molar-refractivity contribution in [2.24, 2.45) is 5.92 Å². The Morgan fingerprint density at radius 1 is 1.67 bits per heavy atom. The lowest BCUT2D eigenvalue weighted by Gasteiger charge is -2.17. The minimum absolute atomic E-state index is 0.190. The second-order valence-electron chi connectivity index (χ2n) is 4.23. The minimum Gasteiger partial charge on any atom is -0.393 e. The normalized spacial score (nSPS) is 23.1. The fourth-order valence-electron chi connectivity index (χ4n) is 1.93. The Morgan fingerprint density at radius 3 is 2.93 bits per heavy atom. The van der Waals surface area contributed by atoms with Gasteiger partial charge in [-0.2, -0.15) is 0 Å². The third-order valence-electron chi connectivity index (χ3n) is 3.00. The van der Waals surface area contributed by atoms with E-state index in [0.29, 0.717) is 19.6 Å². The van der Waals surface area contributed by atoms with E-state index in [1.807, 2.05) is 4.90 Å². The summed E-state index contributed by atoms with van der Waals surface area (Å²) in [5, 5.41) is 9.41. The van der Waals surface area contributed by atoms with Crippen LogP contribution in [-0.2, 0) is 9.53 Å². The van der Waals surface area contributed by atoms with E-state index in [0.717, 1.165) is 19.4 Å². The number of likely N-dealkylation sites (tertiary alicyclic amines) is 1. The predicted octanol–water partition coefficient (Wildman–Crippen LogP) is 0.642. The maximum absolute atomic E-state index is 11.7. The molecule has 4 nitrogen and oxygen atoms in total. The SMILES string of the molecule is COCCCC(=O)N1CCC(C(C)O)C1. The summed E-state index contributed by atoms with van der Waals surface area (Å²) < 4.78 is 4.90. The van der Waals surface area contributed by atoms with E-state index in [1.165, 1.54) is 0 Å². The number of carbonyl (C=O) groups is 1. The highest BCUT2D eigenvalue weighted by Gasteiger charge is 2.28. The Labute approximate surface area is 91.2 Å². The van der Waals surface area contributed by atoms with Gasteiger partial charge in [-0.15, -0.1) is 0 Å². The molecule has 1 aliphatic heterocycles. The molecule has 0 aliphatic carbocycles. The van der Waals surface area contributed by atoms with E-state index in [-0.39, 0.29) is 17.9 Å². The van der Waals surface area contributed by atoms with Crippen LogP contribution in [0.15, 0.2) is 0 Å². The molecule has 15 heavy (non-hydrogen) atoms. The zero-order valence-electron chi connectivity index (χ0n) is 9.61. The van der Waals surface area contributed by atoms with Crippen molar-refractivity contribution in [3.8, 4) is 0 Å². The molecular formula is C11H21NO3. The largest absolute Gasteiger partial charge is 0.393 e. The van der Waals surface area contributed by atoms with Crippen LogP contribution in [0.25, 0.3) is 0 Å². The first-order valence-electron chi connectivity index (χ1n) is 5.60. The third-order valence-corrected chi connectivity index (χ3v) is 3.00. The molecule has 0 saturated carbocycles. The maximum atomic E-state index is 11.7. The predicted molar refractivity (Wildman–Crippen MR) is 57.5 cm³/mol. The summed E-state index contributed by atoms with van der Waals surface area (Å²) in [4.78, 5) is 13.5. The van der Waals surface area contributed by atoms with E-state index >= 15 is 0 Å². The second kappa shape index (κ2) is 6.08. The van der Waals surface area contributed by atoms with Crippen molar-refractivity contribution in [1.29, 1.82) is 0 Å². The first-order valence-corrected chi connectivity index (χ1v) is 5.60. The quantitative estimate of drug-likeness (QED) is 0.685. The summed E-state index contributed by atoms with van der Waals surface area (Å²) in [6, 6.07) is 0. The van der Waals surface area contributed by atoms with E-state index in [1.54, 1.807) is 14.0 Å². The summed E-state index contributed by atoms with van der Waals surface area (Å²) >= 11 is 0. The van der Waals surface area contributed by atoms with E-state index in [4.69, 9.17) is 4.74 Å². The van der Waals surface area contributed by atoms with Crippen LogP contribution in [-0.4, -0.2) is 48.8 Å². The standard InChI is InChI=1S/C11H21NO3/c1-9(13)10-5-6-12(8-10)11(14)4-3-7-15-2/h9-10,13H,3-8H2,1-2H3. The first kappa shape index (κ1) is 12.5. The summed E-state index contributed by atoms with van der Waals surface area (Å²) in [6.07, 6.45) is 1.96. The zero-order chi connectivity index (χ0) is 11.3. The number of rotatable bonds is 5. The Hall–Kier alpha value is -0.610. The molecule has 1 rings (SSSR count). The Bertz CT molecular complexity index is 206. The van der Waals surface area contributed by atoms with Crippen molar-refractivity contribution in [2.75, 3.05) is 26.8 Å². The average Bonchev–Trinajstić information content (AvgIpc) is 2.66. The molecule has 0 aromatic heterocycles. The maximum Gasteiger partial charge on any atom is 0.222 e. The second-order valence-corrected chi connectivity index (χ2v) is 4.23. The molecule has 1 N–H and O–H groups in total. The fraction of sp³-hybridized carbons (Fsp3) is 0.909. The van der Waals surface area contributed by atoms with Gasteiger partial charge in [0.05, 0.1) is 6.10 Å².